The number of benzene rings is 1. The number of hydrogen-bond acceptors (Lipinski definition) is 4. The number of nitrogens with zero attached hydrogens (tertiary/aromatic N) is 1. The van der Waals surface area contributed by atoms with Crippen molar-refractivity contribution in [2.45, 2.75) is 64.7 Å². The van der Waals surface area contributed by atoms with Crippen molar-refractivity contribution in [1.82, 2.24) is 0 Å². The van der Waals surface area contributed by atoms with E-state index in [-0.39, 0.29) is 10.6 Å². The summed E-state index contributed by atoms with van der Waals surface area (Å²) in [7, 11) is 0. The van der Waals surface area contributed by atoms with Gasteiger partial charge in [-0.15, -0.1) is 0 Å². The smallest absolute Gasteiger partial charge is 0.312 e. The third-order valence-corrected chi connectivity index (χ3v) is 4.07. The SMILES string of the molecule is CCCCCCCCCCc1cccc([N+](=O)[O-])c1OSC. The Morgan fingerprint density at radius 1 is 1.09 bits per heavy atom. The molecular weight excluding hydrogens is 298 g/mol. The second-order valence-corrected chi connectivity index (χ2v) is 6.00. The van der Waals surface area contributed by atoms with E-state index in [4.69, 9.17) is 4.18 Å². The number of rotatable bonds is 12. The van der Waals surface area contributed by atoms with E-state index in [9.17, 15) is 10.1 Å². The molecule has 0 amide bonds. The fraction of sp³-hybridized carbons (Fsp3) is 0.647. The standard InChI is InChI=1S/C17H27NO3S/c1-3-4-5-6-7-8-9-10-12-15-13-11-14-16(18(19)20)17(15)21-22-2/h11,13-14H,3-10,12H2,1-2H3. The van der Waals surface area contributed by atoms with Gasteiger partial charge in [-0.25, -0.2) is 0 Å². The second-order valence-electron chi connectivity index (χ2n) is 5.50. The van der Waals surface area contributed by atoms with Crippen molar-refractivity contribution >= 4 is 17.7 Å². The Morgan fingerprint density at radius 3 is 2.32 bits per heavy atom. The van der Waals surface area contributed by atoms with Crippen LogP contribution in [0.25, 0.3) is 0 Å². The Bertz CT molecular complexity index is 452. The lowest BCUT2D eigenvalue weighted by atomic mass is 10.0. The first-order chi connectivity index (χ1) is 10.7. The first-order valence-electron chi connectivity index (χ1n) is 8.17. The molecule has 0 bridgehead atoms. The summed E-state index contributed by atoms with van der Waals surface area (Å²) in [5.74, 6) is 0.419. The van der Waals surface area contributed by atoms with Gasteiger partial charge in [0, 0.05) is 17.9 Å². The Kier molecular flexibility index (Phi) is 9.71. The predicted molar refractivity (Wildman–Crippen MR) is 93.6 cm³/mol. The maximum atomic E-state index is 11.1. The van der Waals surface area contributed by atoms with Crippen LogP contribution in [0.5, 0.6) is 5.75 Å². The summed E-state index contributed by atoms with van der Waals surface area (Å²) in [6, 6.07) is 5.17. The summed E-state index contributed by atoms with van der Waals surface area (Å²) in [6.45, 7) is 2.23. The van der Waals surface area contributed by atoms with Gasteiger partial charge in [0.25, 0.3) is 0 Å². The number of nitro groups is 1. The van der Waals surface area contributed by atoms with Gasteiger partial charge in [0.05, 0.1) is 17.0 Å². The number of hydrogen-bond donors (Lipinski definition) is 0. The molecular formula is C17H27NO3S. The first-order valence-corrected chi connectivity index (χ1v) is 9.32. The van der Waals surface area contributed by atoms with E-state index in [0.717, 1.165) is 30.4 Å². The zero-order valence-electron chi connectivity index (χ0n) is 13.7. The molecule has 4 nitrogen and oxygen atoms in total. The van der Waals surface area contributed by atoms with Crippen LogP contribution in [0.15, 0.2) is 18.2 Å². The van der Waals surface area contributed by atoms with Gasteiger partial charge < -0.3 is 4.18 Å². The van der Waals surface area contributed by atoms with E-state index in [1.807, 2.05) is 6.07 Å². The largest absolute Gasteiger partial charge is 0.419 e. The highest BCUT2D eigenvalue weighted by Crippen LogP contribution is 2.34. The van der Waals surface area contributed by atoms with Gasteiger partial charge in [0.2, 0.25) is 5.75 Å². The van der Waals surface area contributed by atoms with Gasteiger partial charge in [-0.3, -0.25) is 10.1 Å². The van der Waals surface area contributed by atoms with Crippen molar-refractivity contribution in [3.8, 4) is 5.75 Å². The van der Waals surface area contributed by atoms with Gasteiger partial charge in [-0.2, -0.15) is 0 Å². The lowest BCUT2D eigenvalue weighted by molar-refractivity contribution is -0.385. The number of nitro benzene ring substituents is 1. The van der Waals surface area contributed by atoms with Crippen molar-refractivity contribution in [1.29, 1.82) is 0 Å². The molecule has 0 aliphatic carbocycles. The van der Waals surface area contributed by atoms with Crippen LogP contribution in [0.3, 0.4) is 0 Å². The molecule has 0 aromatic heterocycles. The number of para-hydroxylation sites is 1. The van der Waals surface area contributed by atoms with Crippen LogP contribution in [0.1, 0.15) is 63.9 Å². The summed E-state index contributed by atoms with van der Waals surface area (Å²) >= 11 is 1.15. The molecule has 1 rings (SSSR count). The molecule has 0 aliphatic heterocycles. The Hall–Kier alpha value is -1.23. The van der Waals surface area contributed by atoms with Gasteiger partial charge >= 0.3 is 5.69 Å². The third kappa shape index (κ3) is 6.69. The molecule has 0 spiro atoms. The molecule has 0 atom stereocenters. The van der Waals surface area contributed by atoms with Crippen LogP contribution >= 0.6 is 12.0 Å². The molecule has 5 heteroatoms. The Labute approximate surface area is 138 Å². The number of unbranched alkanes of at least 4 members (excludes halogenated alkanes) is 7. The molecule has 0 heterocycles. The molecule has 0 aliphatic rings. The fourth-order valence-electron chi connectivity index (χ4n) is 2.54. The third-order valence-electron chi connectivity index (χ3n) is 3.74. The van der Waals surface area contributed by atoms with Crippen molar-refractivity contribution in [3.63, 3.8) is 0 Å². The molecule has 0 saturated heterocycles. The Morgan fingerprint density at radius 2 is 1.73 bits per heavy atom. The van der Waals surface area contributed by atoms with Crippen LogP contribution in [0, 0.1) is 10.1 Å². The van der Waals surface area contributed by atoms with Crippen LogP contribution in [0.4, 0.5) is 5.69 Å². The zero-order valence-corrected chi connectivity index (χ0v) is 14.5. The fourth-order valence-corrected chi connectivity index (χ4v) is 2.90. The average Bonchev–Trinajstić information content (AvgIpc) is 2.51. The van der Waals surface area contributed by atoms with Crippen LogP contribution in [-0.4, -0.2) is 11.2 Å². The lowest BCUT2D eigenvalue weighted by Gasteiger charge is -2.09. The van der Waals surface area contributed by atoms with Crippen molar-refractivity contribution < 1.29 is 9.11 Å². The minimum atomic E-state index is -0.372. The maximum Gasteiger partial charge on any atom is 0.312 e. The number of aryl methyl sites for hydroxylation is 1. The minimum Gasteiger partial charge on any atom is -0.419 e. The van der Waals surface area contributed by atoms with E-state index in [1.54, 1.807) is 12.3 Å². The van der Waals surface area contributed by atoms with Gasteiger partial charge in [0.15, 0.2) is 0 Å². The molecule has 1 aromatic carbocycles. The topological polar surface area (TPSA) is 52.4 Å². The molecule has 0 radical (unpaired) electrons. The maximum absolute atomic E-state index is 11.1. The highest BCUT2D eigenvalue weighted by Gasteiger charge is 2.18. The lowest BCUT2D eigenvalue weighted by Crippen LogP contribution is -1.97. The van der Waals surface area contributed by atoms with Gasteiger partial charge in [0.1, 0.15) is 0 Å². The summed E-state index contributed by atoms with van der Waals surface area (Å²) in [5, 5.41) is 11.1. The molecule has 0 unspecified atom stereocenters. The first kappa shape index (κ1) is 18.8. The molecule has 0 saturated carbocycles. The van der Waals surface area contributed by atoms with Crippen LogP contribution < -0.4 is 4.18 Å². The molecule has 0 N–H and O–H groups in total. The van der Waals surface area contributed by atoms with Crippen LogP contribution in [-0.2, 0) is 6.42 Å². The quantitative estimate of drug-likeness (QED) is 0.207. The van der Waals surface area contributed by atoms with Crippen molar-refractivity contribution in [2.24, 2.45) is 0 Å². The minimum absolute atomic E-state index is 0.0615. The monoisotopic (exact) mass is 325 g/mol. The van der Waals surface area contributed by atoms with E-state index in [0.29, 0.717) is 5.75 Å². The van der Waals surface area contributed by atoms with Crippen molar-refractivity contribution in [3.05, 3.63) is 33.9 Å². The van der Waals surface area contributed by atoms with Crippen molar-refractivity contribution in [2.75, 3.05) is 6.26 Å². The normalized spacial score (nSPS) is 10.6. The van der Waals surface area contributed by atoms with Crippen LogP contribution in [0.2, 0.25) is 0 Å². The highest BCUT2D eigenvalue weighted by atomic mass is 32.2. The molecule has 124 valence electrons. The van der Waals surface area contributed by atoms with Gasteiger partial charge in [-0.05, 0) is 12.8 Å². The summed E-state index contributed by atoms with van der Waals surface area (Å²) in [6.07, 6.45) is 12.7. The van der Waals surface area contributed by atoms with Gasteiger partial charge in [-0.1, -0.05) is 64.0 Å². The van der Waals surface area contributed by atoms with E-state index < -0.39 is 0 Å². The predicted octanol–water partition coefficient (Wildman–Crippen LogP) is 5.93. The van der Waals surface area contributed by atoms with E-state index in [2.05, 4.69) is 6.92 Å². The summed E-state index contributed by atoms with van der Waals surface area (Å²) in [4.78, 5) is 10.7. The summed E-state index contributed by atoms with van der Waals surface area (Å²) < 4.78 is 5.43. The zero-order chi connectivity index (χ0) is 16.2. The Balaban J connectivity index is 2.42. The molecule has 0 fully saturated rings. The molecule has 1 aromatic rings. The molecule has 22 heavy (non-hydrogen) atoms. The van der Waals surface area contributed by atoms with E-state index in [1.165, 1.54) is 51.0 Å². The second kappa shape index (κ2) is 11.4. The van der Waals surface area contributed by atoms with E-state index >= 15 is 0 Å². The average molecular weight is 325 g/mol. The summed E-state index contributed by atoms with van der Waals surface area (Å²) in [5.41, 5.74) is 1.00. The highest BCUT2D eigenvalue weighted by molar-refractivity contribution is 7.94.